The third-order valence-corrected chi connectivity index (χ3v) is 5.19. The average molecular weight is 339 g/mol. The highest BCUT2D eigenvalue weighted by atomic mass is 35.5. The molecule has 0 spiro atoms. The van der Waals surface area contributed by atoms with Gasteiger partial charge in [-0.15, -0.1) is 0 Å². The molecule has 0 aliphatic carbocycles. The van der Waals surface area contributed by atoms with Crippen molar-refractivity contribution in [3.8, 4) is 0 Å². The van der Waals surface area contributed by atoms with Crippen molar-refractivity contribution in [2.24, 2.45) is 0 Å². The Labute approximate surface area is 136 Å². The lowest BCUT2D eigenvalue weighted by molar-refractivity contribution is 0.201. The van der Waals surface area contributed by atoms with Crippen LogP contribution in [0.15, 0.2) is 42.5 Å². The molecule has 0 bridgehead atoms. The van der Waals surface area contributed by atoms with Crippen LogP contribution in [0.3, 0.4) is 0 Å². The molecule has 5 heteroatoms. The number of halogens is 1. The number of benzene rings is 2. The fourth-order valence-electron chi connectivity index (χ4n) is 2.43. The molecule has 0 aliphatic rings. The van der Waals surface area contributed by atoms with Gasteiger partial charge in [-0.05, 0) is 37.1 Å². The van der Waals surface area contributed by atoms with Crippen LogP contribution in [0, 0.1) is 13.8 Å². The Morgan fingerprint density at radius 1 is 1.05 bits per heavy atom. The molecule has 22 heavy (non-hydrogen) atoms. The van der Waals surface area contributed by atoms with Gasteiger partial charge in [0.05, 0.1) is 17.6 Å². The summed E-state index contributed by atoms with van der Waals surface area (Å²) in [7, 11) is -3.41. The van der Waals surface area contributed by atoms with Crippen molar-refractivity contribution >= 4 is 21.4 Å². The Morgan fingerprint density at radius 2 is 1.59 bits per heavy atom. The Kier molecular flexibility index (Phi) is 5.27. The van der Waals surface area contributed by atoms with Crippen LogP contribution in [-0.4, -0.2) is 19.3 Å². The first-order chi connectivity index (χ1) is 10.2. The van der Waals surface area contributed by atoms with E-state index < -0.39 is 15.9 Å². The van der Waals surface area contributed by atoms with Crippen LogP contribution >= 0.6 is 11.6 Å². The molecule has 2 aromatic carbocycles. The van der Waals surface area contributed by atoms with Crippen LogP contribution in [0.25, 0.3) is 0 Å². The zero-order chi connectivity index (χ0) is 16.3. The van der Waals surface area contributed by atoms with E-state index in [1.165, 1.54) is 0 Å². The Hall–Kier alpha value is -1.36. The summed E-state index contributed by atoms with van der Waals surface area (Å²) in [4.78, 5) is 0. The van der Waals surface area contributed by atoms with E-state index in [1.807, 2.05) is 32.0 Å². The minimum Gasteiger partial charge on any atom is -0.387 e. The van der Waals surface area contributed by atoms with E-state index in [-0.39, 0.29) is 11.5 Å². The van der Waals surface area contributed by atoms with Gasteiger partial charge in [-0.1, -0.05) is 53.1 Å². The van der Waals surface area contributed by atoms with Crippen molar-refractivity contribution in [2.45, 2.75) is 25.7 Å². The second-order valence-electron chi connectivity index (χ2n) is 5.62. The number of sulfone groups is 1. The smallest absolute Gasteiger partial charge is 0.157 e. The third-order valence-electron chi connectivity index (χ3n) is 3.34. The van der Waals surface area contributed by atoms with Gasteiger partial charge in [0, 0.05) is 5.02 Å². The molecule has 0 aromatic heterocycles. The van der Waals surface area contributed by atoms with Crippen molar-refractivity contribution in [3.05, 3.63) is 69.7 Å². The van der Waals surface area contributed by atoms with Gasteiger partial charge in [-0.2, -0.15) is 0 Å². The first kappa shape index (κ1) is 17.0. The summed E-state index contributed by atoms with van der Waals surface area (Å²) < 4.78 is 24.5. The van der Waals surface area contributed by atoms with Crippen LogP contribution in [-0.2, 0) is 15.6 Å². The molecule has 0 saturated carbocycles. The molecule has 1 unspecified atom stereocenters. The van der Waals surface area contributed by atoms with Crippen LogP contribution in [0.5, 0.6) is 0 Å². The molecule has 118 valence electrons. The van der Waals surface area contributed by atoms with Gasteiger partial charge in [0.15, 0.2) is 9.84 Å². The first-order valence-electron chi connectivity index (χ1n) is 6.96. The van der Waals surface area contributed by atoms with Gasteiger partial charge < -0.3 is 5.11 Å². The predicted molar refractivity (Wildman–Crippen MR) is 89.8 cm³/mol. The molecular formula is C17H19ClO3S. The number of aryl methyl sites for hydroxylation is 2. The van der Waals surface area contributed by atoms with E-state index in [0.29, 0.717) is 16.1 Å². The molecule has 0 aliphatic heterocycles. The lowest BCUT2D eigenvalue weighted by Gasteiger charge is -2.13. The highest BCUT2D eigenvalue weighted by molar-refractivity contribution is 7.90. The Bertz CT molecular complexity index is 732. The second-order valence-corrected chi connectivity index (χ2v) is 8.16. The normalized spacial score (nSPS) is 13.1. The monoisotopic (exact) mass is 338 g/mol. The number of rotatable bonds is 5. The largest absolute Gasteiger partial charge is 0.387 e. The molecule has 0 amide bonds. The minimum absolute atomic E-state index is 0.105. The van der Waals surface area contributed by atoms with Gasteiger partial charge in [0.2, 0.25) is 0 Å². The standard InChI is InChI=1S/C17H19ClO3S/c1-12-7-13(2)9-15(8-12)17(19)11-22(20,21)10-14-3-5-16(18)6-4-14/h3-9,17,19H,10-11H2,1-2H3. The molecule has 0 saturated heterocycles. The lowest BCUT2D eigenvalue weighted by atomic mass is 10.0. The zero-order valence-electron chi connectivity index (χ0n) is 12.6. The summed E-state index contributed by atoms with van der Waals surface area (Å²) >= 11 is 5.79. The summed E-state index contributed by atoms with van der Waals surface area (Å²) in [5, 5.41) is 10.8. The van der Waals surface area contributed by atoms with Gasteiger partial charge in [-0.25, -0.2) is 8.42 Å². The maximum Gasteiger partial charge on any atom is 0.157 e. The van der Waals surface area contributed by atoms with Crippen LogP contribution in [0.4, 0.5) is 0 Å². The van der Waals surface area contributed by atoms with Crippen molar-refractivity contribution in [3.63, 3.8) is 0 Å². The number of hydrogen-bond donors (Lipinski definition) is 1. The summed E-state index contributed by atoms with van der Waals surface area (Å²) in [5.41, 5.74) is 3.31. The van der Waals surface area contributed by atoms with E-state index >= 15 is 0 Å². The molecule has 1 atom stereocenters. The topological polar surface area (TPSA) is 54.4 Å². The molecule has 0 heterocycles. The fourth-order valence-corrected chi connectivity index (χ4v) is 4.05. The van der Waals surface area contributed by atoms with E-state index in [0.717, 1.165) is 11.1 Å². The third kappa shape index (κ3) is 4.83. The summed E-state index contributed by atoms with van der Waals surface area (Å²) in [6.07, 6.45) is -1.02. The van der Waals surface area contributed by atoms with Crippen LogP contribution in [0.1, 0.15) is 28.4 Å². The van der Waals surface area contributed by atoms with E-state index in [1.54, 1.807) is 24.3 Å². The van der Waals surface area contributed by atoms with Crippen molar-refractivity contribution in [1.29, 1.82) is 0 Å². The van der Waals surface area contributed by atoms with Crippen molar-refractivity contribution in [2.75, 3.05) is 5.75 Å². The number of aliphatic hydroxyl groups excluding tert-OH is 1. The molecule has 3 nitrogen and oxygen atoms in total. The molecule has 0 fully saturated rings. The highest BCUT2D eigenvalue weighted by Gasteiger charge is 2.19. The Balaban J connectivity index is 2.12. The molecular weight excluding hydrogens is 320 g/mol. The highest BCUT2D eigenvalue weighted by Crippen LogP contribution is 2.20. The van der Waals surface area contributed by atoms with Crippen LogP contribution < -0.4 is 0 Å². The molecule has 0 radical (unpaired) electrons. The summed E-state index contributed by atoms with van der Waals surface area (Å²) in [6.45, 7) is 3.84. The Morgan fingerprint density at radius 3 is 2.14 bits per heavy atom. The van der Waals surface area contributed by atoms with E-state index in [9.17, 15) is 13.5 Å². The van der Waals surface area contributed by atoms with Crippen molar-refractivity contribution < 1.29 is 13.5 Å². The molecule has 2 aromatic rings. The summed E-state index contributed by atoms with van der Waals surface area (Å²) in [5.74, 6) is -0.398. The lowest BCUT2D eigenvalue weighted by Crippen LogP contribution is -2.16. The average Bonchev–Trinajstić information content (AvgIpc) is 2.39. The minimum atomic E-state index is -3.41. The second kappa shape index (κ2) is 6.82. The van der Waals surface area contributed by atoms with Crippen LogP contribution in [0.2, 0.25) is 5.02 Å². The SMILES string of the molecule is Cc1cc(C)cc(C(O)CS(=O)(=O)Cc2ccc(Cl)cc2)c1. The number of hydrogen-bond acceptors (Lipinski definition) is 3. The maximum atomic E-state index is 12.2. The van der Waals surface area contributed by atoms with E-state index in [4.69, 9.17) is 11.6 Å². The number of aliphatic hydroxyl groups is 1. The fraction of sp³-hybridized carbons (Fsp3) is 0.294. The predicted octanol–water partition coefficient (Wildman–Crippen LogP) is 3.61. The maximum absolute atomic E-state index is 12.2. The van der Waals surface area contributed by atoms with Gasteiger partial charge in [-0.3, -0.25) is 0 Å². The zero-order valence-corrected chi connectivity index (χ0v) is 14.2. The molecule has 2 rings (SSSR count). The quantitative estimate of drug-likeness (QED) is 0.906. The molecule has 1 N–H and O–H groups in total. The van der Waals surface area contributed by atoms with Gasteiger partial charge in [0.25, 0.3) is 0 Å². The van der Waals surface area contributed by atoms with Gasteiger partial charge in [0.1, 0.15) is 0 Å². The first-order valence-corrected chi connectivity index (χ1v) is 9.16. The van der Waals surface area contributed by atoms with Crippen molar-refractivity contribution in [1.82, 2.24) is 0 Å². The van der Waals surface area contributed by atoms with Gasteiger partial charge >= 0.3 is 0 Å². The summed E-state index contributed by atoms with van der Waals surface area (Å²) in [6, 6.07) is 12.3. The van der Waals surface area contributed by atoms with E-state index in [2.05, 4.69) is 0 Å².